The molecule has 1 aromatic heterocycles. The lowest BCUT2D eigenvalue weighted by Gasteiger charge is -2.06. The molecule has 0 unspecified atom stereocenters. The number of carbonyl (C=O) groups excluding carboxylic acids is 1. The van der Waals surface area contributed by atoms with Gasteiger partial charge in [0, 0.05) is 11.1 Å². The van der Waals surface area contributed by atoms with Crippen molar-refractivity contribution in [2.75, 3.05) is 5.32 Å². The molecule has 108 valence electrons. The van der Waals surface area contributed by atoms with Crippen LogP contribution in [0, 0.1) is 5.82 Å². The van der Waals surface area contributed by atoms with Gasteiger partial charge >= 0.3 is 5.97 Å². The van der Waals surface area contributed by atoms with Crippen LogP contribution in [0.15, 0.2) is 35.7 Å². The molecular weight excluding hydrogens is 317 g/mol. The number of hydrogen-bond acceptors (Lipinski definition) is 3. The summed E-state index contributed by atoms with van der Waals surface area (Å²) in [6.07, 6.45) is 2.24. The number of carbonyl (C=O) groups is 2. The van der Waals surface area contributed by atoms with E-state index >= 15 is 0 Å². The zero-order valence-corrected chi connectivity index (χ0v) is 12.0. The van der Waals surface area contributed by atoms with Gasteiger partial charge in [-0.25, -0.2) is 9.18 Å². The smallest absolute Gasteiger partial charge is 0.328 e. The van der Waals surface area contributed by atoms with Crippen LogP contribution in [-0.4, -0.2) is 17.0 Å². The fourth-order valence-electron chi connectivity index (χ4n) is 1.57. The molecule has 2 rings (SSSR count). The van der Waals surface area contributed by atoms with Gasteiger partial charge in [0.05, 0.1) is 10.6 Å². The number of thiophene rings is 1. The monoisotopic (exact) mass is 325 g/mol. The normalized spacial score (nSPS) is 10.8. The molecule has 0 bridgehead atoms. The van der Waals surface area contributed by atoms with E-state index in [2.05, 4.69) is 5.32 Å². The molecule has 7 heteroatoms. The predicted molar refractivity (Wildman–Crippen MR) is 80.4 cm³/mol. The molecule has 0 spiro atoms. The van der Waals surface area contributed by atoms with Crippen LogP contribution in [0.2, 0.25) is 5.02 Å². The summed E-state index contributed by atoms with van der Waals surface area (Å²) in [7, 11) is 0. The van der Waals surface area contributed by atoms with E-state index in [-0.39, 0.29) is 10.7 Å². The fraction of sp³-hybridized carbons (Fsp3) is 0. The van der Waals surface area contributed by atoms with E-state index in [9.17, 15) is 14.0 Å². The summed E-state index contributed by atoms with van der Waals surface area (Å²) in [6.45, 7) is 0. The van der Waals surface area contributed by atoms with Gasteiger partial charge in [-0.3, -0.25) is 4.79 Å². The number of aliphatic carboxylic acids is 1. The van der Waals surface area contributed by atoms with E-state index in [0.717, 1.165) is 23.5 Å². The lowest BCUT2D eigenvalue weighted by atomic mass is 10.2. The van der Waals surface area contributed by atoms with Crippen LogP contribution in [0.3, 0.4) is 0 Å². The average molecular weight is 326 g/mol. The predicted octanol–water partition coefficient (Wildman–Crippen LogP) is 3.89. The Hall–Kier alpha value is -2.18. The van der Waals surface area contributed by atoms with Crippen molar-refractivity contribution in [2.24, 2.45) is 0 Å². The van der Waals surface area contributed by atoms with E-state index in [1.165, 1.54) is 18.2 Å². The molecule has 0 radical (unpaired) electrons. The fourth-order valence-corrected chi connectivity index (χ4v) is 2.51. The first-order chi connectivity index (χ1) is 9.97. The van der Waals surface area contributed by atoms with Crippen molar-refractivity contribution in [1.29, 1.82) is 0 Å². The number of amides is 1. The van der Waals surface area contributed by atoms with Crippen molar-refractivity contribution in [3.63, 3.8) is 0 Å². The standard InChI is InChI=1S/C14H9ClFNO3S/c15-9-2-3-11(10(16)7-9)17-14(20)13-8(5-6-21-13)1-4-12(18)19/h1-7H,(H,17,20)(H,18,19). The lowest BCUT2D eigenvalue weighted by molar-refractivity contribution is -0.131. The number of hydrogen-bond donors (Lipinski definition) is 2. The van der Waals surface area contributed by atoms with E-state index in [4.69, 9.17) is 16.7 Å². The first kappa shape index (κ1) is 15.2. The van der Waals surface area contributed by atoms with Gasteiger partial charge in [0.25, 0.3) is 5.91 Å². The first-order valence-corrected chi connectivity index (χ1v) is 6.98. The highest BCUT2D eigenvalue weighted by Crippen LogP contribution is 2.23. The summed E-state index contributed by atoms with van der Waals surface area (Å²) in [6, 6.07) is 5.52. The molecule has 0 fully saturated rings. The van der Waals surface area contributed by atoms with Gasteiger partial charge in [0.1, 0.15) is 5.82 Å². The summed E-state index contributed by atoms with van der Waals surface area (Å²) < 4.78 is 13.6. The minimum Gasteiger partial charge on any atom is -0.478 e. The van der Waals surface area contributed by atoms with Gasteiger partial charge in [0.15, 0.2) is 0 Å². The number of halogens is 2. The number of carboxylic acid groups (broad SMARTS) is 1. The Morgan fingerprint density at radius 2 is 2.10 bits per heavy atom. The number of nitrogens with one attached hydrogen (secondary N) is 1. The minimum atomic E-state index is -1.11. The second-order valence-electron chi connectivity index (χ2n) is 3.95. The molecule has 21 heavy (non-hydrogen) atoms. The molecule has 0 saturated heterocycles. The van der Waals surface area contributed by atoms with E-state index in [1.807, 2.05) is 0 Å². The minimum absolute atomic E-state index is 0.00552. The summed E-state index contributed by atoms with van der Waals surface area (Å²) >= 11 is 6.77. The third-order valence-electron chi connectivity index (χ3n) is 2.49. The van der Waals surface area contributed by atoms with Crippen molar-refractivity contribution < 1.29 is 19.1 Å². The topological polar surface area (TPSA) is 66.4 Å². The van der Waals surface area contributed by atoms with Crippen molar-refractivity contribution in [2.45, 2.75) is 0 Å². The maximum atomic E-state index is 13.6. The van der Waals surface area contributed by atoms with Crippen LogP contribution in [-0.2, 0) is 4.79 Å². The molecule has 0 aliphatic rings. The number of carboxylic acids is 1. The molecule has 1 amide bonds. The molecule has 1 heterocycles. The Morgan fingerprint density at radius 1 is 1.33 bits per heavy atom. The Labute approximate surface area is 128 Å². The first-order valence-electron chi connectivity index (χ1n) is 5.72. The number of anilines is 1. The highest BCUT2D eigenvalue weighted by Gasteiger charge is 2.14. The number of benzene rings is 1. The Morgan fingerprint density at radius 3 is 2.76 bits per heavy atom. The van der Waals surface area contributed by atoms with Gasteiger partial charge in [-0.2, -0.15) is 0 Å². The largest absolute Gasteiger partial charge is 0.478 e. The maximum absolute atomic E-state index is 13.6. The molecule has 4 nitrogen and oxygen atoms in total. The van der Waals surface area contributed by atoms with Crippen LogP contribution < -0.4 is 5.32 Å². The molecule has 0 atom stereocenters. The zero-order chi connectivity index (χ0) is 15.4. The Balaban J connectivity index is 2.21. The van der Waals surface area contributed by atoms with Crippen molar-refractivity contribution in [3.8, 4) is 0 Å². The van der Waals surface area contributed by atoms with Crippen LogP contribution in [0.4, 0.5) is 10.1 Å². The molecular formula is C14H9ClFNO3S. The second-order valence-corrected chi connectivity index (χ2v) is 5.31. The summed E-state index contributed by atoms with van der Waals surface area (Å²) in [4.78, 5) is 22.9. The highest BCUT2D eigenvalue weighted by molar-refractivity contribution is 7.12. The zero-order valence-electron chi connectivity index (χ0n) is 10.5. The average Bonchev–Trinajstić information content (AvgIpc) is 2.88. The van der Waals surface area contributed by atoms with Gasteiger partial charge in [-0.1, -0.05) is 11.6 Å². The van der Waals surface area contributed by atoms with Crippen molar-refractivity contribution >= 4 is 46.6 Å². The molecule has 2 aromatic rings. The van der Waals surface area contributed by atoms with E-state index < -0.39 is 17.7 Å². The van der Waals surface area contributed by atoms with E-state index in [1.54, 1.807) is 11.4 Å². The molecule has 0 aliphatic carbocycles. The second kappa shape index (κ2) is 6.51. The summed E-state index contributed by atoms with van der Waals surface area (Å²) in [5.41, 5.74) is 0.459. The highest BCUT2D eigenvalue weighted by atomic mass is 35.5. The SMILES string of the molecule is O=C(O)C=Cc1ccsc1C(=O)Nc1ccc(Cl)cc1F. The Kier molecular flexibility index (Phi) is 4.72. The molecule has 2 N–H and O–H groups in total. The van der Waals surface area contributed by atoms with Crippen molar-refractivity contribution in [1.82, 2.24) is 0 Å². The van der Waals surface area contributed by atoms with Gasteiger partial charge in [-0.05, 0) is 41.3 Å². The third-order valence-corrected chi connectivity index (χ3v) is 3.65. The van der Waals surface area contributed by atoms with Crippen LogP contribution in [0.5, 0.6) is 0 Å². The van der Waals surface area contributed by atoms with Crippen molar-refractivity contribution in [3.05, 3.63) is 57.0 Å². The van der Waals surface area contributed by atoms with Gasteiger partial charge in [0.2, 0.25) is 0 Å². The molecule has 1 aromatic carbocycles. The van der Waals surface area contributed by atoms with Crippen LogP contribution >= 0.6 is 22.9 Å². The van der Waals surface area contributed by atoms with Gasteiger partial charge in [-0.15, -0.1) is 11.3 Å². The van der Waals surface area contributed by atoms with Gasteiger partial charge < -0.3 is 10.4 Å². The van der Waals surface area contributed by atoms with E-state index in [0.29, 0.717) is 10.4 Å². The van der Waals surface area contributed by atoms with Crippen LogP contribution in [0.1, 0.15) is 15.2 Å². The number of rotatable bonds is 4. The summed E-state index contributed by atoms with van der Waals surface area (Å²) in [5.74, 6) is -2.28. The Bertz CT molecular complexity index is 727. The summed E-state index contributed by atoms with van der Waals surface area (Å²) in [5, 5.41) is 12.9. The maximum Gasteiger partial charge on any atom is 0.328 e. The third kappa shape index (κ3) is 3.90. The van der Waals surface area contributed by atoms with Crippen LogP contribution in [0.25, 0.3) is 6.08 Å². The lowest BCUT2D eigenvalue weighted by Crippen LogP contribution is -2.12. The quantitative estimate of drug-likeness (QED) is 0.838. The molecule has 0 aliphatic heterocycles. The molecule has 0 saturated carbocycles.